The van der Waals surface area contributed by atoms with Crippen LogP contribution in [0.3, 0.4) is 0 Å². The Balaban J connectivity index is 1.55. The summed E-state index contributed by atoms with van der Waals surface area (Å²) in [5.74, 6) is -0.941. The lowest BCUT2D eigenvalue weighted by Crippen LogP contribution is -2.28. The van der Waals surface area contributed by atoms with E-state index in [1.165, 1.54) is 20.3 Å². The number of rotatable bonds is 10. The van der Waals surface area contributed by atoms with Gasteiger partial charge < -0.3 is 48.6 Å². The van der Waals surface area contributed by atoms with Gasteiger partial charge in [-0.15, -0.1) is 0 Å². The Morgan fingerprint density at radius 3 is 2.56 bits per heavy atom. The average Bonchev–Trinajstić information content (AvgIpc) is 3.64. The highest BCUT2D eigenvalue weighted by atomic mass is 16.7. The van der Waals surface area contributed by atoms with Crippen LogP contribution in [0, 0.1) is 0 Å². The normalized spacial score (nSPS) is 13.4. The zero-order chi connectivity index (χ0) is 29.1. The van der Waals surface area contributed by atoms with Crippen LogP contribution in [0.4, 0.5) is 0 Å². The van der Waals surface area contributed by atoms with E-state index < -0.39 is 29.1 Å². The van der Waals surface area contributed by atoms with Crippen molar-refractivity contribution in [3.8, 4) is 40.2 Å². The van der Waals surface area contributed by atoms with Gasteiger partial charge in [0.2, 0.25) is 31.0 Å². The van der Waals surface area contributed by atoms with E-state index in [2.05, 4.69) is 10.3 Å². The lowest BCUT2D eigenvalue weighted by atomic mass is 9.86. The molecule has 216 valence electrons. The van der Waals surface area contributed by atoms with Crippen molar-refractivity contribution in [2.24, 2.45) is 0 Å². The molecule has 13 nitrogen and oxygen atoms in total. The van der Waals surface area contributed by atoms with Crippen molar-refractivity contribution in [1.82, 2.24) is 10.3 Å². The fraction of sp³-hybridized carbons (Fsp3) is 0.321. The number of hydrogen-bond donors (Lipinski definition) is 3. The van der Waals surface area contributed by atoms with Crippen LogP contribution in [0.5, 0.6) is 40.2 Å². The van der Waals surface area contributed by atoms with Crippen LogP contribution < -0.4 is 39.3 Å². The zero-order valence-corrected chi connectivity index (χ0v) is 22.5. The molecule has 3 aromatic rings. The van der Waals surface area contributed by atoms with Crippen LogP contribution in [0.2, 0.25) is 0 Å². The van der Waals surface area contributed by atoms with Gasteiger partial charge in [0, 0.05) is 30.6 Å². The van der Waals surface area contributed by atoms with Crippen molar-refractivity contribution in [3.05, 3.63) is 63.1 Å². The van der Waals surface area contributed by atoms with E-state index in [9.17, 15) is 19.5 Å². The topological polar surface area (TPSA) is 164 Å². The first-order valence-corrected chi connectivity index (χ1v) is 12.7. The molecule has 3 N–H and O–H groups in total. The number of ether oxygens (including phenoxy) is 7. The Morgan fingerprint density at radius 2 is 1.80 bits per heavy atom. The first kappa shape index (κ1) is 27.5. The zero-order valence-electron chi connectivity index (χ0n) is 22.5. The Labute approximate surface area is 233 Å². The number of nitrogens with one attached hydrogen (secondary N) is 2. The van der Waals surface area contributed by atoms with Gasteiger partial charge in [-0.25, -0.2) is 4.79 Å². The first-order valence-electron chi connectivity index (χ1n) is 12.7. The second-order valence-corrected chi connectivity index (χ2v) is 9.00. The van der Waals surface area contributed by atoms with Crippen molar-refractivity contribution >= 4 is 11.9 Å². The second-order valence-electron chi connectivity index (χ2n) is 9.00. The molecule has 0 saturated carbocycles. The van der Waals surface area contributed by atoms with Crippen LogP contribution in [-0.4, -0.2) is 56.4 Å². The lowest BCUT2D eigenvalue weighted by Gasteiger charge is -2.23. The Morgan fingerprint density at radius 1 is 1.05 bits per heavy atom. The highest BCUT2D eigenvalue weighted by Gasteiger charge is 2.35. The molecule has 1 atom stereocenters. The molecule has 41 heavy (non-hydrogen) atoms. The predicted molar refractivity (Wildman–Crippen MR) is 141 cm³/mol. The minimum absolute atomic E-state index is 0.0472. The number of carbonyl (C=O) groups excluding carboxylic acids is 2. The third-order valence-electron chi connectivity index (χ3n) is 6.65. The molecule has 2 aliphatic rings. The van der Waals surface area contributed by atoms with E-state index in [1.54, 1.807) is 25.1 Å². The van der Waals surface area contributed by atoms with Crippen LogP contribution >= 0.6 is 0 Å². The van der Waals surface area contributed by atoms with E-state index in [-0.39, 0.29) is 72.8 Å². The van der Waals surface area contributed by atoms with Gasteiger partial charge in [0.15, 0.2) is 23.0 Å². The monoisotopic (exact) mass is 568 g/mol. The molecule has 2 aromatic carbocycles. The molecular weight excluding hydrogens is 540 g/mol. The van der Waals surface area contributed by atoms with Crippen LogP contribution in [0.25, 0.3) is 0 Å². The molecule has 0 radical (unpaired) electrons. The molecule has 0 saturated heterocycles. The lowest BCUT2D eigenvalue weighted by molar-refractivity contribution is -0.121. The molecule has 5 rings (SSSR count). The second kappa shape index (κ2) is 11.6. The first-order chi connectivity index (χ1) is 19.9. The van der Waals surface area contributed by atoms with E-state index >= 15 is 0 Å². The minimum Gasteiger partial charge on any atom is -0.506 e. The number of aromatic nitrogens is 1. The fourth-order valence-electron chi connectivity index (χ4n) is 4.76. The summed E-state index contributed by atoms with van der Waals surface area (Å²) in [6, 6.07) is 6.83. The number of carbonyl (C=O) groups is 2. The summed E-state index contributed by atoms with van der Waals surface area (Å²) in [6.45, 7) is 1.83. The Hall–Kier alpha value is -5.07. The van der Waals surface area contributed by atoms with Crippen LogP contribution in [-0.2, 0) is 16.1 Å². The molecule has 1 unspecified atom stereocenters. The van der Waals surface area contributed by atoms with Gasteiger partial charge in [0.1, 0.15) is 11.3 Å². The summed E-state index contributed by atoms with van der Waals surface area (Å²) in [5, 5.41) is 14.0. The highest BCUT2D eigenvalue weighted by molar-refractivity contribution is 5.92. The van der Waals surface area contributed by atoms with E-state index in [4.69, 9.17) is 33.2 Å². The van der Waals surface area contributed by atoms with Crippen molar-refractivity contribution in [1.29, 1.82) is 0 Å². The van der Waals surface area contributed by atoms with Gasteiger partial charge in [-0.2, -0.15) is 0 Å². The number of esters is 1. The molecule has 0 bridgehead atoms. The van der Waals surface area contributed by atoms with E-state index in [0.717, 1.165) is 11.8 Å². The third-order valence-corrected chi connectivity index (χ3v) is 6.65. The smallest absolute Gasteiger partial charge is 0.343 e. The van der Waals surface area contributed by atoms with Crippen molar-refractivity contribution < 1.29 is 47.9 Å². The Bertz CT molecular complexity index is 1550. The van der Waals surface area contributed by atoms with Gasteiger partial charge in [-0.3, -0.25) is 9.59 Å². The minimum atomic E-state index is -1.12. The molecule has 1 amide bonds. The Kier molecular flexibility index (Phi) is 7.77. The summed E-state index contributed by atoms with van der Waals surface area (Å²) in [5.41, 5.74) is -0.185. The standard InChI is InChI=1S/C28H28N2O11/c1-4-37-28(34)17-11-30-27(33)22(23(17)32)15(16-8-20(35-2)25-26(24(16)36-3)41-13-40-25)9-21(31)29-10-14-5-6-18-19(7-14)39-12-38-18/h5-8,11,15H,4,9-10,12-13H2,1-3H3,(H,29,31)(H2,30,32,33). The molecule has 0 aliphatic carbocycles. The van der Waals surface area contributed by atoms with Gasteiger partial charge in [-0.05, 0) is 30.7 Å². The van der Waals surface area contributed by atoms with Crippen molar-refractivity contribution in [2.45, 2.75) is 25.8 Å². The van der Waals surface area contributed by atoms with Crippen molar-refractivity contribution in [2.75, 3.05) is 34.4 Å². The molecule has 13 heteroatoms. The number of pyridine rings is 1. The van der Waals surface area contributed by atoms with Crippen LogP contribution in [0.1, 0.15) is 46.3 Å². The van der Waals surface area contributed by atoms with Gasteiger partial charge in [0.25, 0.3) is 5.56 Å². The van der Waals surface area contributed by atoms with Gasteiger partial charge in [0.05, 0.1) is 26.4 Å². The van der Waals surface area contributed by atoms with E-state index in [0.29, 0.717) is 11.5 Å². The van der Waals surface area contributed by atoms with E-state index in [1.807, 2.05) is 0 Å². The number of fused-ring (bicyclic) bond motifs is 2. The van der Waals surface area contributed by atoms with Crippen LogP contribution in [0.15, 0.2) is 35.3 Å². The molecule has 1 aromatic heterocycles. The quantitative estimate of drug-likeness (QED) is 0.308. The summed E-state index contributed by atoms with van der Waals surface area (Å²) in [4.78, 5) is 41.6. The number of methoxy groups -OCH3 is 2. The number of aromatic hydroxyl groups is 1. The SMILES string of the molecule is CCOC(=O)c1c[nH]c(=O)c(C(CC(=O)NCc2ccc3c(c2)OCO3)c2cc(OC)c3c(c2OC)OCO3)c1O. The molecular formula is C28H28N2O11. The van der Waals surface area contributed by atoms with Gasteiger partial charge in [-0.1, -0.05) is 6.07 Å². The average molecular weight is 569 g/mol. The largest absolute Gasteiger partial charge is 0.506 e. The maximum absolute atomic E-state index is 13.4. The summed E-state index contributed by atoms with van der Waals surface area (Å²) >= 11 is 0. The summed E-state index contributed by atoms with van der Waals surface area (Å²) in [6.07, 6.45) is 0.736. The molecule has 3 heterocycles. The predicted octanol–water partition coefficient (Wildman–Crippen LogP) is 2.57. The molecule has 2 aliphatic heterocycles. The van der Waals surface area contributed by atoms with Gasteiger partial charge >= 0.3 is 5.97 Å². The number of H-pyrrole nitrogens is 1. The summed E-state index contributed by atoms with van der Waals surface area (Å²) in [7, 11) is 2.81. The number of amides is 1. The fourth-order valence-corrected chi connectivity index (χ4v) is 4.76. The maximum Gasteiger partial charge on any atom is 0.343 e. The highest BCUT2D eigenvalue weighted by Crippen LogP contribution is 2.53. The van der Waals surface area contributed by atoms with Crippen molar-refractivity contribution in [3.63, 3.8) is 0 Å². The number of hydrogen-bond acceptors (Lipinski definition) is 11. The maximum atomic E-state index is 13.4. The number of aromatic amines is 1. The summed E-state index contributed by atoms with van der Waals surface area (Å²) < 4.78 is 38.0. The molecule has 0 fully saturated rings. The number of benzene rings is 2. The molecule has 0 spiro atoms. The third kappa shape index (κ3) is 5.25.